The first kappa shape index (κ1) is 13.8. The van der Waals surface area contributed by atoms with E-state index in [2.05, 4.69) is 65.3 Å². The fourth-order valence-electron chi connectivity index (χ4n) is 2.75. The Bertz CT molecular complexity index is 610. The second kappa shape index (κ2) is 6.99. The molecule has 0 spiro atoms. The monoisotopic (exact) mass is 275 g/mol. The number of nitrogens with zero attached hydrogens (tertiary/aromatic N) is 1. The van der Waals surface area contributed by atoms with Gasteiger partial charge in [-0.25, -0.2) is 0 Å². The Morgan fingerprint density at radius 2 is 1.52 bits per heavy atom. The number of hydrogen-bond donors (Lipinski definition) is 0. The van der Waals surface area contributed by atoms with Crippen molar-refractivity contribution in [3.8, 4) is 11.8 Å². The van der Waals surface area contributed by atoms with Gasteiger partial charge in [-0.15, -0.1) is 0 Å². The van der Waals surface area contributed by atoms with Gasteiger partial charge in [0.05, 0.1) is 0 Å². The summed E-state index contributed by atoms with van der Waals surface area (Å²) < 4.78 is 0. The smallest absolute Gasteiger partial charge is 0.0367 e. The average Bonchev–Trinajstić information content (AvgIpc) is 2.57. The maximum Gasteiger partial charge on any atom is 0.0367 e. The molecule has 1 fully saturated rings. The van der Waals surface area contributed by atoms with Gasteiger partial charge in [-0.3, -0.25) is 0 Å². The van der Waals surface area contributed by atoms with Crippen LogP contribution in [0.2, 0.25) is 0 Å². The standard InChI is InChI=1S/C20H21N/c1-3-8-18(9-4-1)10-7-11-19-12-14-20(15-13-19)21-16-5-2-6-17-21/h1,3-4,8-9,12-15H,2,5-6,10,16-17H2. The number of anilines is 1. The van der Waals surface area contributed by atoms with Crippen molar-refractivity contribution in [2.75, 3.05) is 18.0 Å². The van der Waals surface area contributed by atoms with E-state index in [1.54, 1.807) is 0 Å². The van der Waals surface area contributed by atoms with Gasteiger partial charge in [0.2, 0.25) is 0 Å². The molecule has 1 nitrogen and oxygen atoms in total. The fourth-order valence-corrected chi connectivity index (χ4v) is 2.75. The molecule has 0 unspecified atom stereocenters. The molecule has 21 heavy (non-hydrogen) atoms. The third-order valence-electron chi connectivity index (χ3n) is 3.96. The number of piperidine rings is 1. The fraction of sp³-hybridized carbons (Fsp3) is 0.300. The molecule has 0 bridgehead atoms. The van der Waals surface area contributed by atoms with Crippen LogP contribution < -0.4 is 4.90 Å². The van der Waals surface area contributed by atoms with Crippen LogP contribution in [0.25, 0.3) is 0 Å². The first-order valence-electron chi connectivity index (χ1n) is 7.80. The molecule has 2 aromatic carbocycles. The average molecular weight is 275 g/mol. The molecule has 106 valence electrons. The summed E-state index contributed by atoms with van der Waals surface area (Å²) in [7, 11) is 0. The van der Waals surface area contributed by atoms with E-state index in [1.807, 2.05) is 6.07 Å². The summed E-state index contributed by atoms with van der Waals surface area (Å²) >= 11 is 0. The topological polar surface area (TPSA) is 3.24 Å². The minimum Gasteiger partial charge on any atom is -0.372 e. The predicted molar refractivity (Wildman–Crippen MR) is 89.5 cm³/mol. The second-order valence-corrected chi connectivity index (χ2v) is 5.56. The van der Waals surface area contributed by atoms with Crippen LogP contribution in [0.15, 0.2) is 54.6 Å². The van der Waals surface area contributed by atoms with Gasteiger partial charge in [-0.1, -0.05) is 42.2 Å². The Hall–Kier alpha value is -2.20. The van der Waals surface area contributed by atoms with Crippen LogP contribution in [0, 0.1) is 11.8 Å². The quantitative estimate of drug-likeness (QED) is 0.740. The highest BCUT2D eigenvalue weighted by Crippen LogP contribution is 2.19. The lowest BCUT2D eigenvalue weighted by Gasteiger charge is -2.28. The molecule has 1 aliphatic heterocycles. The van der Waals surface area contributed by atoms with Gasteiger partial charge in [-0.2, -0.15) is 0 Å². The van der Waals surface area contributed by atoms with E-state index in [9.17, 15) is 0 Å². The highest BCUT2D eigenvalue weighted by Gasteiger charge is 2.09. The predicted octanol–water partition coefficient (Wildman–Crippen LogP) is 4.27. The van der Waals surface area contributed by atoms with Crippen LogP contribution in [0.4, 0.5) is 5.69 Å². The number of rotatable bonds is 2. The van der Waals surface area contributed by atoms with E-state index < -0.39 is 0 Å². The Labute approximate surface area is 127 Å². The number of hydrogen-bond acceptors (Lipinski definition) is 1. The Balaban J connectivity index is 1.62. The third-order valence-corrected chi connectivity index (χ3v) is 3.96. The first-order valence-corrected chi connectivity index (χ1v) is 7.80. The molecule has 0 amide bonds. The minimum absolute atomic E-state index is 0.814. The van der Waals surface area contributed by atoms with Gasteiger partial charge in [0.1, 0.15) is 0 Å². The van der Waals surface area contributed by atoms with Gasteiger partial charge in [0.15, 0.2) is 0 Å². The summed E-state index contributed by atoms with van der Waals surface area (Å²) in [6, 6.07) is 19.1. The van der Waals surface area contributed by atoms with Gasteiger partial charge in [-0.05, 0) is 49.1 Å². The van der Waals surface area contributed by atoms with E-state index in [0.29, 0.717) is 0 Å². The normalized spacial score (nSPS) is 14.4. The van der Waals surface area contributed by atoms with Crippen molar-refractivity contribution in [2.45, 2.75) is 25.7 Å². The van der Waals surface area contributed by atoms with Gasteiger partial charge in [0, 0.05) is 30.8 Å². The molecule has 3 rings (SSSR count). The van der Waals surface area contributed by atoms with Crippen LogP contribution in [0.5, 0.6) is 0 Å². The van der Waals surface area contributed by atoms with Crippen molar-refractivity contribution in [2.24, 2.45) is 0 Å². The third kappa shape index (κ3) is 3.89. The van der Waals surface area contributed by atoms with Crippen LogP contribution in [-0.4, -0.2) is 13.1 Å². The molecule has 0 atom stereocenters. The van der Waals surface area contributed by atoms with Crippen LogP contribution in [0.1, 0.15) is 30.4 Å². The molecule has 1 aliphatic rings. The molecule has 1 heteroatoms. The summed E-state index contributed by atoms with van der Waals surface area (Å²) in [5, 5.41) is 0. The van der Waals surface area contributed by atoms with Gasteiger partial charge in [0.25, 0.3) is 0 Å². The molecular weight excluding hydrogens is 254 g/mol. The first-order chi connectivity index (χ1) is 10.4. The van der Waals surface area contributed by atoms with E-state index in [4.69, 9.17) is 0 Å². The number of benzene rings is 2. The molecule has 0 aromatic heterocycles. The summed E-state index contributed by atoms with van der Waals surface area (Å²) in [4.78, 5) is 2.48. The maximum absolute atomic E-state index is 3.25. The molecule has 0 saturated carbocycles. The zero-order valence-corrected chi connectivity index (χ0v) is 12.4. The summed E-state index contributed by atoms with van der Waals surface area (Å²) in [5.74, 6) is 6.51. The van der Waals surface area contributed by atoms with Crippen molar-refractivity contribution in [1.29, 1.82) is 0 Å². The highest BCUT2D eigenvalue weighted by atomic mass is 15.1. The summed E-state index contributed by atoms with van der Waals surface area (Å²) in [5.41, 5.74) is 3.71. The lowest BCUT2D eigenvalue weighted by atomic mass is 10.1. The molecule has 0 aliphatic carbocycles. The van der Waals surface area contributed by atoms with E-state index in [0.717, 1.165) is 12.0 Å². The summed E-state index contributed by atoms with van der Waals surface area (Å²) in [6.07, 6.45) is 4.82. The molecule has 2 aromatic rings. The van der Waals surface area contributed by atoms with E-state index >= 15 is 0 Å². The van der Waals surface area contributed by atoms with Crippen molar-refractivity contribution >= 4 is 5.69 Å². The lowest BCUT2D eigenvalue weighted by Crippen LogP contribution is -2.29. The van der Waals surface area contributed by atoms with Crippen LogP contribution in [-0.2, 0) is 6.42 Å². The SMILES string of the molecule is C(#Cc1ccc(N2CCCCC2)cc1)Cc1ccccc1. The molecule has 0 radical (unpaired) electrons. The van der Waals surface area contributed by atoms with Gasteiger partial charge < -0.3 is 4.90 Å². The largest absolute Gasteiger partial charge is 0.372 e. The Morgan fingerprint density at radius 3 is 2.24 bits per heavy atom. The second-order valence-electron chi connectivity index (χ2n) is 5.56. The summed E-state index contributed by atoms with van der Waals surface area (Å²) in [6.45, 7) is 2.39. The van der Waals surface area contributed by atoms with Crippen molar-refractivity contribution in [3.63, 3.8) is 0 Å². The van der Waals surface area contributed by atoms with Gasteiger partial charge >= 0.3 is 0 Å². The van der Waals surface area contributed by atoms with E-state index in [-0.39, 0.29) is 0 Å². The van der Waals surface area contributed by atoms with Crippen molar-refractivity contribution in [3.05, 3.63) is 65.7 Å². The van der Waals surface area contributed by atoms with Crippen molar-refractivity contribution in [1.82, 2.24) is 0 Å². The molecule has 1 saturated heterocycles. The van der Waals surface area contributed by atoms with Crippen LogP contribution in [0.3, 0.4) is 0 Å². The zero-order chi connectivity index (χ0) is 14.3. The van der Waals surface area contributed by atoms with Crippen LogP contribution >= 0.6 is 0 Å². The Morgan fingerprint density at radius 1 is 0.810 bits per heavy atom. The maximum atomic E-state index is 3.25. The zero-order valence-electron chi connectivity index (χ0n) is 12.4. The highest BCUT2D eigenvalue weighted by molar-refractivity contribution is 5.50. The minimum atomic E-state index is 0.814. The lowest BCUT2D eigenvalue weighted by molar-refractivity contribution is 0.578. The molecule has 1 heterocycles. The molecular formula is C20H21N. The Kier molecular flexibility index (Phi) is 4.59. The van der Waals surface area contributed by atoms with Crippen molar-refractivity contribution < 1.29 is 0 Å². The molecule has 0 N–H and O–H groups in total. The van der Waals surface area contributed by atoms with E-state index in [1.165, 1.54) is 43.6 Å².